The first-order valence-electron chi connectivity index (χ1n) is 5.52. The predicted octanol–water partition coefficient (Wildman–Crippen LogP) is 2.56. The normalized spacial score (nSPS) is 15.1. The van der Waals surface area contributed by atoms with Gasteiger partial charge in [0.25, 0.3) is 0 Å². The Balaban J connectivity index is 1.96. The van der Waals surface area contributed by atoms with E-state index in [1.165, 1.54) is 12.8 Å². The van der Waals surface area contributed by atoms with E-state index in [2.05, 4.69) is 4.84 Å². The highest BCUT2D eigenvalue weighted by atomic mass is 35.5. The Hall–Kier alpha value is -0.770. The van der Waals surface area contributed by atoms with E-state index in [-0.39, 0.29) is 0 Å². The van der Waals surface area contributed by atoms with Crippen LogP contribution in [0.1, 0.15) is 18.4 Å². The van der Waals surface area contributed by atoms with Crippen molar-refractivity contribution in [3.8, 4) is 5.75 Å². The molecule has 2 rings (SSSR count). The maximum Gasteiger partial charge on any atom is 0.121 e. The van der Waals surface area contributed by atoms with E-state index in [0.717, 1.165) is 30.3 Å². The summed E-state index contributed by atoms with van der Waals surface area (Å²) in [6.07, 6.45) is 3.32. The lowest BCUT2D eigenvalue weighted by molar-refractivity contribution is 0.141. The molecule has 1 aliphatic carbocycles. The molecule has 1 saturated carbocycles. The van der Waals surface area contributed by atoms with Crippen LogP contribution in [0.3, 0.4) is 0 Å². The minimum absolute atomic E-state index is 0.488. The van der Waals surface area contributed by atoms with Crippen LogP contribution in [0.25, 0.3) is 0 Å². The fourth-order valence-electron chi connectivity index (χ4n) is 1.52. The van der Waals surface area contributed by atoms with Crippen LogP contribution < -0.4 is 10.6 Å². The molecule has 0 amide bonds. The Bertz CT molecular complexity index is 353. The zero-order chi connectivity index (χ0) is 11.4. The molecule has 0 spiro atoms. The summed E-state index contributed by atoms with van der Waals surface area (Å²) in [5, 5.41) is 0.695. The van der Waals surface area contributed by atoms with Crippen LogP contribution in [0.15, 0.2) is 18.2 Å². The lowest BCUT2D eigenvalue weighted by Crippen LogP contribution is -2.04. The summed E-state index contributed by atoms with van der Waals surface area (Å²) in [6, 6.07) is 5.74. The van der Waals surface area contributed by atoms with E-state index in [0.29, 0.717) is 11.6 Å². The third kappa shape index (κ3) is 3.67. The van der Waals surface area contributed by atoms with Crippen molar-refractivity contribution in [2.75, 3.05) is 13.2 Å². The molecule has 0 unspecified atom stereocenters. The summed E-state index contributed by atoms with van der Waals surface area (Å²) < 4.78 is 5.67. The first-order chi connectivity index (χ1) is 7.78. The molecule has 0 atom stereocenters. The quantitative estimate of drug-likeness (QED) is 0.779. The topological polar surface area (TPSA) is 44.5 Å². The van der Waals surface area contributed by atoms with Crippen LogP contribution in [0.4, 0.5) is 0 Å². The second-order valence-corrected chi connectivity index (χ2v) is 4.61. The predicted molar refractivity (Wildman–Crippen MR) is 63.5 cm³/mol. The molecule has 1 aromatic rings. The number of benzene rings is 1. The SMILES string of the molecule is NOCCc1cc(Cl)cc(OCC2CC2)c1. The molecule has 0 aliphatic heterocycles. The molecule has 1 aliphatic rings. The maximum atomic E-state index is 6.01. The summed E-state index contributed by atoms with van der Waals surface area (Å²) in [6.45, 7) is 1.29. The van der Waals surface area contributed by atoms with Gasteiger partial charge < -0.3 is 9.57 Å². The smallest absolute Gasteiger partial charge is 0.121 e. The lowest BCUT2D eigenvalue weighted by Gasteiger charge is -2.08. The molecule has 2 N–H and O–H groups in total. The molecule has 4 heteroatoms. The van der Waals surface area contributed by atoms with Crippen molar-refractivity contribution in [2.45, 2.75) is 19.3 Å². The van der Waals surface area contributed by atoms with Gasteiger partial charge in [-0.05, 0) is 48.9 Å². The number of halogens is 1. The Morgan fingerprint density at radius 1 is 1.31 bits per heavy atom. The van der Waals surface area contributed by atoms with Crippen LogP contribution in [-0.4, -0.2) is 13.2 Å². The number of ether oxygens (including phenoxy) is 1. The third-order valence-electron chi connectivity index (χ3n) is 2.62. The van der Waals surface area contributed by atoms with Crippen molar-refractivity contribution in [1.29, 1.82) is 0 Å². The van der Waals surface area contributed by atoms with Crippen LogP contribution >= 0.6 is 11.6 Å². The van der Waals surface area contributed by atoms with Crippen LogP contribution in [0, 0.1) is 5.92 Å². The van der Waals surface area contributed by atoms with Crippen molar-refractivity contribution in [2.24, 2.45) is 11.8 Å². The highest BCUT2D eigenvalue weighted by Crippen LogP contribution is 2.30. The van der Waals surface area contributed by atoms with Crippen LogP contribution in [0.2, 0.25) is 5.02 Å². The molecular weight excluding hydrogens is 226 g/mol. The lowest BCUT2D eigenvalue weighted by atomic mass is 10.1. The molecule has 0 radical (unpaired) electrons. The van der Waals surface area contributed by atoms with Gasteiger partial charge in [0.15, 0.2) is 0 Å². The van der Waals surface area contributed by atoms with Crippen molar-refractivity contribution >= 4 is 11.6 Å². The largest absolute Gasteiger partial charge is 0.493 e. The molecule has 1 aromatic carbocycles. The molecule has 0 bridgehead atoms. The van der Waals surface area contributed by atoms with Crippen molar-refractivity contribution in [3.05, 3.63) is 28.8 Å². The second kappa shape index (κ2) is 5.53. The average molecular weight is 242 g/mol. The monoisotopic (exact) mass is 241 g/mol. The average Bonchev–Trinajstić information content (AvgIpc) is 3.07. The molecule has 88 valence electrons. The highest BCUT2D eigenvalue weighted by molar-refractivity contribution is 6.30. The Kier molecular flexibility index (Phi) is 4.04. The fraction of sp³-hybridized carbons (Fsp3) is 0.500. The Morgan fingerprint density at radius 3 is 2.81 bits per heavy atom. The van der Waals surface area contributed by atoms with Gasteiger partial charge in [0.2, 0.25) is 0 Å². The molecule has 16 heavy (non-hydrogen) atoms. The van der Waals surface area contributed by atoms with Crippen molar-refractivity contribution in [1.82, 2.24) is 0 Å². The molecule has 0 aromatic heterocycles. The zero-order valence-electron chi connectivity index (χ0n) is 9.12. The molecule has 1 fully saturated rings. The van der Waals surface area contributed by atoms with Crippen LogP contribution in [0.5, 0.6) is 5.75 Å². The summed E-state index contributed by atoms with van der Waals surface area (Å²) >= 11 is 6.01. The Labute approximate surface area is 100 Å². The first-order valence-corrected chi connectivity index (χ1v) is 5.89. The fourth-order valence-corrected chi connectivity index (χ4v) is 1.77. The number of hydrogen-bond donors (Lipinski definition) is 1. The summed E-state index contributed by atoms with van der Waals surface area (Å²) in [5.74, 6) is 6.58. The second-order valence-electron chi connectivity index (χ2n) is 4.17. The maximum absolute atomic E-state index is 6.01. The van der Waals surface area contributed by atoms with Gasteiger partial charge in [-0.1, -0.05) is 11.6 Å². The summed E-state index contributed by atoms with van der Waals surface area (Å²) in [4.78, 5) is 4.55. The van der Waals surface area contributed by atoms with E-state index >= 15 is 0 Å². The third-order valence-corrected chi connectivity index (χ3v) is 2.84. The number of rotatable bonds is 6. The summed E-state index contributed by atoms with van der Waals surface area (Å²) in [7, 11) is 0. The van der Waals surface area contributed by atoms with Gasteiger partial charge in [-0.15, -0.1) is 0 Å². The van der Waals surface area contributed by atoms with Crippen LogP contribution in [-0.2, 0) is 11.3 Å². The number of hydrogen-bond acceptors (Lipinski definition) is 3. The molecule has 0 saturated heterocycles. The highest BCUT2D eigenvalue weighted by Gasteiger charge is 2.21. The first kappa shape index (κ1) is 11.7. The van der Waals surface area contributed by atoms with E-state index in [1.807, 2.05) is 18.2 Å². The minimum Gasteiger partial charge on any atom is -0.493 e. The van der Waals surface area contributed by atoms with Gasteiger partial charge in [-0.25, -0.2) is 5.90 Å². The molecule has 0 heterocycles. The molecule has 3 nitrogen and oxygen atoms in total. The molecular formula is C12H16ClNO2. The van der Waals surface area contributed by atoms with Gasteiger partial charge in [-0.2, -0.15) is 0 Å². The van der Waals surface area contributed by atoms with E-state index in [1.54, 1.807) is 0 Å². The van der Waals surface area contributed by atoms with Gasteiger partial charge in [-0.3, -0.25) is 0 Å². The van der Waals surface area contributed by atoms with Gasteiger partial charge >= 0.3 is 0 Å². The minimum atomic E-state index is 0.488. The van der Waals surface area contributed by atoms with E-state index < -0.39 is 0 Å². The Morgan fingerprint density at radius 2 is 2.12 bits per heavy atom. The van der Waals surface area contributed by atoms with E-state index in [9.17, 15) is 0 Å². The number of nitrogens with two attached hydrogens (primary N) is 1. The zero-order valence-corrected chi connectivity index (χ0v) is 9.87. The van der Waals surface area contributed by atoms with Crippen molar-refractivity contribution < 1.29 is 9.57 Å². The van der Waals surface area contributed by atoms with Crippen molar-refractivity contribution in [3.63, 3.8) is 0 Å². The van der Waals surface area contributed by atoms with Gasteiger partial charge in [0.05, 0.1) is 13.2 Å². The van der Waals surface area contributed by atoms with Gasteiger partial charge in [0, 0.05) is 5.02 Å². The van der Waals surface area contributed by atoms with E-state index in [4.69, 9.17) is 22.2 Å². The van der Waals surface area contributed by atoms with Gasteiger partial charge in [0.1, 0.15) is 5.75 Å². The summed E-state index contributed by atoms with van der Waals surface area (Å²) in [5.41, 5.74) is 1.09. The standard InChI is InChI=1S/C12H16ClNO2/c13-11-5-10(3-4-16-14)6-12(7-11)15-8-9-1-2-9/h5-7,9H,1-4,8,14H2.